The monoisotopic (exact) mass is 446 g/mol. The fourth-order valence-corrected chi connectivity index (χ4v) is 4.47. The maximum Gasteiger partial charge on any atom is 0.267 e. The van der Waals surface area contributed by atoms with Crippen molar-refractivity contribution in [3.8, 4) is 11.5 Å². The van der Waals surface area contributed by atoms with Crippen LogP contribution in [0.2, 0.25) is 5.02 Å². The number of aryl methyl sites for hydroxylation is 1. The van der Waals surface area contributed by atoms with Crippen molar-refractivity contribution >= 4 is 23.2 Å². The van der Waals surface area contributed by atoms with Crippen LogP contribution in [0.25, 0.3) is 0 Å². The molecule has 0 radical (unpaired) electrons. The number of halogens is 1. The van der Waals surface area contributed by atoms with Gasteiger partial charge in [-0.2, -0.15) is 5.10 Å². The zero-order valence-corrected chi connectivity index (χ0v) is 18.8. The van der Waals surface area contributed by atoms with Crippen LogP contribution in [0, 0.1) is 0 Å². The van der Waals surface area contributed by atoms with Gasteiger partial charge in [-0.3, -0.25) is 9.48 Å². The third kappa shape index (κ3) is 4.35. The van der Waals surface area contributed by atoms with E-state index in [2.05, 4.69) is 10.3 Å². The largest absolute Gasteiger partial charge is 0.496 e. The van der Waals surface area contributed by atoms with Crippen LogP contribution in [0.4, 0.5) is 0 Å². The fraction of sp³-hybridized carbons (Fsp3) is 0.500. The SMILES string of the molecule is COc1cc(OC)c(C2=NO[C@@H](C(=O)N3CCCCC[C@H]3c3ccn(C)n3)C2)cc1Cl. The number of amides is 1. The summed E-state index contributed by atoms with van der Waals surface area (Å²) in [4.78, 5) is 21.0. The fourth-order valence-electron chi connectivity index (χ4n) is 4.23. The number of nitrogens with zero attached hydrogens (tertiary/aromatic N) is 4. The van der Waals surface area contributed by atoms with Gasteiger partial charge < -0.3 is 19.2 Å². The van der Waals surface area contributed by atoms with Crippen molar-refractivity contribution in [1.29, 1.82) is 0 Å². The lowest BCUT2D eigenvalue weighted by atomic mass is 10.0. The molecule has 0 saturated carbocycles. The molecule has 0 N–H and O–H groups in total. The van der Waals surface area contributed by atoms with E-state index >= 15 is 0 Å². The topological polar surface area (TPSA) is 78.2 Å². The van der Waals surface area contributed by atoms with Crippen LogP contribution >= 0.6 is 11.6 Å². The normalized spacial score (nSPS) is 21.3. The molecule has 4 rings (SSSR count). The second kappa shape index (κ2) is 9.18. The van der Waals surface area contributed by atoms with E-state index in [0.29, 0.717) is 40.8 Å². The molecule has 2 aromatic rings. The van der Waals surface area contributed by atoms with E-state index in [-0.39, 0.29) is 11.9 Å². The van der Waals surface area contributed by atoms with Crippen LogP contribution in [-0.2, 0) is 16.7 Å². The standard InChI is InChI=1S/C22H27ClN4O4/c1-26-10-8-16(24-26)18-7-5-4-6-9-27(18)22(28)21-12-17(25-31-21)14-11-15(23)20(30-3)13-19(14)29-2/h8,10-11,13,18,21H,4-7,9,12H2,1-3H3/t18-,21+/m0/s1. The molecule has 0 bridgehead atoms. The predicted octanol–water partition coefficient (Wildman–Crippen LogP) is 3.73. The highest BCUT2D eigenvalue weighted by atomic mass is 35.5. The summed E-state index contributed by atoms with van der Waals surface area (Å²) in [7, 11) is 5.00. The molecule has 9 heteroatoms. The number of oxime groups is 1. The van der Waals surface area contributed by atoms with Gasteiger partial charge in [-0.25, -0.2) is 0 Å². The van der Waals surface area contributed by atoms with Crippen LogP contribution in [0.3, 0.4) is 0 Å². The number of carbonyl (C=O) groups is 1. The smallest absolute Gasteiger partial charge is 0.267 e. The van der Waals surface area contributed by atoms with Crippen molar-refractivity contribution in [2.45, 2.75) is 44.2 Å². The van der Waals surface area contributed by atoms with Gasteiger partial charge in [0.1, 0.15) is 11.5 Å². The molecule has 3 heterocycles. The van der Waals surface area contributed by atoms with E-state index in [1.165, 1.54) is 0 Å². The van der Waals surface area contributed by atoms with E-state index in [4.69, 9.17) is 25.9 Å². The summed E-state index contributed by atoms with van der Waals surface area (Å²) in [6.45, 7) is 0.687. The highest BCUT2D eigenvalue weighted by Gasteiger charge is 2.37. The Labute approximate surface area is 186 Å². The second-order valence-electron chi connectivity index (χ2n) is 7.83. The molecular weight excluding hydrogens is 420 g/mol. The number of ether oxygens (including phenoxy) is 2. The van der Waals surface area contributed by atoms with Crippen molar-refractivity contribution in [2.24, 2.45) is 12.2 Å². The Hall–Kier alpha value is -2.74. The van der Waals surface area contributed by atoms with Crippen LogP contribution in [0.15, 0.2) is 29.6 Å². The molecule has 1 aromatic carbocycles. The van der Waals surface area contributed by atoms with Gasteiger partial charge in [0, 0.05) is 37.8 Å². The average molecular weight is 447 g/mol. The van der Waals surface area contributed by atoms with Gasteiger partial charge in [0.15, 0.2) is 0 Å². The summed E-state index contributed by atoms with van der Waals surface area (Å²) >= 11 is 6.30. The Balaban J connectivity index is 1.54. The minimum Gasteiger partial charge on any atom is -0.496 e. The summed E-state index contributed by atoms with van der Waals surface area (Å²) in [6.07, 6.45) is 5.62. The van der Waals surface area contributed by atoms with Gasteiger partial charge in [-0.05, 0) is 25.0 Å². The molecule has 1 saturated heterocycles. The number of rotatable bonds is 5. The second-order valence-corrected chi connectivity index (χ2v) is 8.24. The minimum absolute atomic E-state index is 0.0474. The van der Waals surface area contributed by atoms with Crippen LogP contribution < -0.4 is 9.47 Å². The Bertz CT molecular complexity index is 990. The van der Waals surface area contributed by atoms with Crippen molar-refractivity contribution < 1.29 is 19.1 Å². The lowest BCUT2D eigenvalue weighted by Crippen LogP contribution is -2.41. The number of benzene rings is 1. The van der Waals surface area contributed by atoms with Gasteiger partial charge in [0.25, 0.3) is 5.91 Å². The van der Waals surface area contributed by atoms with Gasteiger partial charge in [0.2, 0.25) is 6.10 Å². The maximum atomic E-state index is 13.5. The highest BCUT2D eigenvalue weighted by molar-refractivity contribution is 6.32. The van der Waals surface area contributed by atoms with E-state index in [1.807, 2.05) is 24.2 Å². The molecule has 1 amide bonds. The first kappa shape index (κ1) is 21.5. The number of hydrogen-bond donors (Lipinski definition) is 0. The molecule has 1 fully saturated rings. The first-order valence-corrected chi connectivity index (χ1v) is 10.8. The minimum atomic E-state index is -0.676. The Morgan fingerprint density at radius 1 is 1.19 bits per heavy atom. The Morgan fingerprint density at radius 3 is 2.71 bits per heavy atom. The molecular formula is C22H27ClN4O4. The third-order valence-electron chi connectivity index (χ3n) is 5.84. The van der Waals surface area contributed by atoms with E-state index in [9.17, 15) is 4.79 Å². The van der Waals surface area contributed by atoms with Gasteiger partial charge in [-0.1, -0.05) is 29.6 Å². The molecule has 8 nitrogen and oxygen atoms in total. The zero-order valence-electron chi connectivity index (χ0n) is 18.0. The summed E-state index contributed by atoms with van der Waals surface area (Å²) in [5.41, 5.74) is 2.24. The maximum absolute atomic E-state index is 13.5. The molecule has 31 heavy (non-hydrogen) atoms. The highest BCUT2D eigenvalue weighted by Crippen LogP contribution is 2.36. The molecule has 2 atom stereocenters. The van der Waals surface area contributed by atoms with Gasteiger partial charge >= 0.3 is 0 Å². The average Bonchev–Trinajstić information content (AvgIpc) is 3.36. The molecule has 2 aliphatic rings. The molecule has 1 aromatic heterocycles. The number of hydrogen-bond acceptors (Lipinski definition) is 6. The van der Waals surface area contributed by atoms with Crippen molar-refractivity contribution in [2.75, 3.05) is 20.8 Å². The quantitative estimate of drug-likeness (QED) is 0.699. The number of methoxy groups -OCH3 is 2. The van der Waals surface area contributed by atoms with Gasteiger partial charge in [0.05, 0.1) is 36.7 Å². The third-order valence-corrected chi connectivity index (χ3v) is 6.14. The predicted molar refractivity (Wildman–Crippen MR) is 117 cm³/mol. The lowest BCUT2D eigenvalue weighted by Gasteiger charge is -2.30. The van der Waals surface area contributed by atoms with Gasteiger partial charge in [-0.15, -0.1) is 0 Å². The zero-order chi connectivity index (χ0) is 22.0. The van der Waals surface area contributed by atoms with E-state index < -0.39 is 6.10 Å². The molecule has 0 unspecified atom stereocenters. The van der Waals surface area contributed by atoms with Crippen molar-refractivity contribution in [1.82, 2.24) is 14.7 Å². The van der Waals surface area contributed by atoms with Crippen LogP contribution in [0.5, 0.6) is 11.5 Å². The van der Waals surface area contributed by atoms with E-state index in [0.717, 1.165) is 31.4 Å². The first-order valence-electron chi connectivity index (χ1n) is 10.5. The summed E-state index contributed by atoms with van der Waals surface area (Å²) < 4.78 is 12.5. The summed E-state index contributed by atoms with van der Waals surface area (Å²) in [6, 6.07) is 5.38. The van der Waals surface area contributed by atoms with Crippen LogP contribution in [-0.4, -0.2) is 53.2 Å². The van der Waals surface area contributed by atoms with Crippen molar-refractivity contribution in [3.63, 3.8) is 0 Å². The Kier molecular flexibility index (Phi) is 6.36. The molecule has 0 spiro atoms. The van der Waals surface area contributed by atoms with Crippen LogP contribution in [0.1, 0.15) is 49.4 Å². The summed E-state index contributed by atoms with van der Waals surface area (Å²) in [5.74, 6) is 1.02. The summed E-state index contributed by atoms with van der Waals surface area (Å²) in [5, 5.41) is 9.20. The molecule has 0 aliphatic carbocycles. The number of likely N-dealkylation sites (tertiary alicyclic amines) is 1. The van der Waals surface area contributed by atoms with Crippen molar-refractivity contribution in [3.05, 3.63) is 40.7 Å². The lowest BCUT2D eigenvalue weighted by molar-refractivity contribution is -0.144. The molecule has 2 aliphatic heterocycles. The van der Waals surface area contributed by atoms with E-state index in [1.54, 1.807) is 31.0 Å². The Morgan fingerprint density at radius 2 is 2.00 bits per heavy atom. The first-order chi connectivity index (χ1) is 15.0. The number of carbonyl (C=O) groups excluding carboxylic acids is 1. The number of aromatic nitrogens is 2. The molecule has 166 valence electrons.